The fraction of sp³-hybridized carbons (Fsp3) is 0.667. The van der Waals surface area contributed by atoms with Gasteiger partial charge in [-0.25, -0.2) is 5.43 Å². The van der Waals surface area contributed by atoms with E-state index in [1.54, 1.807) is 0 Å². The third kappa shape index (κ3) is 5.61. The van der Waals surface area contributed by atoms with Crippen LogP contribution in [-0.4, -0.2) is 18.2 Å². The van der Waals surface area contributed by atoms with E-state index < -0.39 is 0 Å². The van der Waals surface area contributed by atoms with Crippen LogP contribution >= 0.6 is 12.2 Å². The number of hydrazine groups is 1. The molecule has 48 valence electrons. The van der Waals surface area contributed by atoms with Crippen LogP contribution in [0.5, 0.6) is 0 Å². The molecule has 0 bridgehead atoms. The van der Waals surface area contributed by atoms with Crippen molar-refractivity contribution >= 4 is 17.3 Å². The minimum absolute atomic E-state index is 0.235. The van der Waals surface area contributed by atoms with E-state index in [-0.39, 0.29) is 5.11 Å². The highest BCUT2D eigenvalue weighted by molar-refractivity contribution is 7.80. The first-order valence-electron chi connectivity index (χ1n) is 2.25. The lowest BCUT2D eigenvalue weighted by molar-refractivity contribution is 0.660. The van der Waals surface area contributed by atoms with Gasteiger partial charge in [0.2, 0.25) is 0 Å². The van der Waals surface area contributed by atoms with Crippen molar-refractivity contribution in [2.75, 3.05) is 13.1 Å². The van der Waals surface area contributed by atoms with Crippen LogP contribution in [-0.2, 0) is 0 Å². The third-order valence-electron chi connectivity index (χ3n) is 0.481. The average molecular weight is 134 g/mol. The van der Waals surface area contributed by atoms with Gasteiger partial charge < -0.3 is 11.5 Å². The van der Waals surface area contributed by atoms with Crippen molar-refractivity contribution in [2.24, 2.45) is 11.5 Å². The summed E-state index contributed by atoms with van der Waals surface area (Å²) in [5.74, 6) is 0. The van der Waals surface area contributed by atoms with Gasteiger partial charge in [-0.3, -0.25) is 5.43 Å². The summed E-state index contributed by atoms with van der Waals surface area (Å²) >= 11 is 4.47. The first kappa shape index (κ1) is 7.61. The maximum Gasteiger partial charge on any atom is 0.178 e. The summed E-state index contributed by atoms with van der Waals surface area (Å²) in [6.45, 7) is 1.23. The van der Waals surface area contributed by atoms with E-state index in [2.05, 4.69) is 23.1 Å². The van der Waals surface area contributed by atoms with E-state index in [9.17, 15) is 0 Å². The summed E-state index contributed by atoms with van der Waals surface area (Å²) in [4.78, 5) is 0. The lowest BCUT2D eigenvalue weighted by atomic mass is 10.7. The second-order valence-electron chi connectivity index (χ2n) is 1.20. The monoisotopic (exact) mass is 134 g/mol. The normalized spacial score (nSPS) is 8.62. The van der Waals surface area contributed by atoms with Crippen LogP contribution in [0, 0.1) is 0 Å². The highest BCUT2D eigenvalue weighted by atomic mass is 32.1. The Labute approximate surface area is 53.6 Å². The fourth-order valence-corrected chi connectivity index (χ4v) is 0.294. The molecule has 0 amide bonds. The van der Waals surface area contributed by atoms with E-state index in [1.165, 1.54) is 0 Å². The molecule has 0 fully saturated rings. The van der Waals surface area contributed by atoms with Crippen LogP contribution in [0.15, 0.2) is 0 Å². The minimum Gasteiger partial charge on any atom is -0.375 e. The molecule has 0 atom stereocenters. The van der Waals surface area contributed by atoms with Gasteiger partial charge >= 0.3 is 0 Å². The van der Waals surface area contributed by atoms with Gasteiger partial charge in [-0.1, -0.05) is 0 Å². The summed E-state index contributed by atoms with van der Waals surface area (Å²) in [7, 11) is 0. The Morgan fingerprint density at radius 1 is 1.62 bits per heavy atom. The Kier molecular flexibility index (Phi) is 4.53. The molecule has 0 rings (SSSR count). The summed E-state index contributed by atoms with van der Waals surface area (Å²) in [6.07, 6.45) is 0. The van der Waals surface area contributed by atoms with Gasteiger partial charge in [0.25, 0.3) is 0 Å². The number of thiocarbonyl (C=S) groups is 1. The molecule has 0 saturated carbocycles. The SMILES string of the molecule is NCCNNC(N)=S. The molecule has 0 unspecified atom stereocenters. The van der Waals surface area contributed by atoms with Gasteiger partial charge in [-0.2, -0.15) is 0 Å². The number of nitrogens with one attached hydrogen (secondary N) is 2. The molecule has 5 heteroatoms. The van der Waals surface area contributed by atoms with E-state index >= 15 is 0 Å². The Hall–Kier alpha value is -0.390. The van der Waals surface area contributed by atoms with Gasteiger partial charge in [0.15, 0.2) is 5.11 Å². The van der Waals surface area contributed by atoms with Crippen LogP contribution in [0.4, 0.5) is 0 Å². The zero-order valence-corrected chi connectivity index (χ0v) is 5.29. The Bertz CT molecular complexity index is 73.7. The smallest absolute Gasteiger partial charge is 0.178 e. The summed E-state index contributed by atoms with van der Waals surface area (Å²) < 4.78 is 0. The Balaban J connectivity index is 2.82. The van der Waals surface area contributed by atoms with Crippen molar-refractivity contribution < 1.29 is 0 Å². The molecule has 0 heterocycles. The maximum atomic E-state index is 5.13. The van der Waals surface area contributed by atoms with Crippen molar-refractivity contribution in [1.29, 1.82) is 0 Å². The largest absolute Gasteiger partial charge is 0.375 e. The van der Waals surface area contributed by atoms with Gasteiger partial charge in [-0.15, -0.1) is 0 Å². The molecule has 0 aliphatic heterocycles. The first-order valence-corrected chi connectivity index (χ1v) is 2.66. The van der Waals surface area contributed by atoms with Gasteiger partial charge in [-0.05, 0) is 12.2 Å². The molecule has 0 aliphatic rings. The number of hydrogen-bond acceptors (Lipinski definition) is 3. The van der Waals surface area contributed by atoms with Crippen LogP contribution in [0.1, 0.15) is 0 Å². The van der Waals surface area contributed by atoms with Gasteiger partial charge in [0.05, 0.1) is 0 Å². The van der Waals surface area contributed by atoms with Gasteiger partial charge in [0.1, 0.15) is 0 Å². The van der Waals surface area contributed by atoms with Crippen molar-refractivity contribution in [2.45, 2.75) is 0 Å². The quantitative estimate of drug-likeness (QED) is 0.210. The van der Waals surface area contributed by atoms with Crippen molar-refractivity contribution in [1.82, 2.24) is 10.9 Å². The average Bonchev–Trinajstić information content (AvgIpc) is 1.66. The highest BCUT2D eigenvalue weighted by Crippen LogP contribution is 1.49. The Morgan fingerprint density at radius 3 is 2.62 bits per heavy atom. The molecule has 0 radical (unpaired) electrons. The van der Waals surface area contributed by atoms with E-state index in [0.29, 0.717) is 13.1 Å². The predicted octanol–water partition coefficient (Wildman–Crippen LogP) is -1.72. The molecular weight excluding hydrogens is 124 g/mol. The molecule has 0 aromatic heterocycles. The third-order valence-corrected chi connectivity index (χ3v) is 0.583. The van der Waals surface area contributed by atoms with Crippen molar-refractivity contribution in [3.05, 3.63) is 0 Å². The molecule has 4 nitrogen and oxygen atoms in total. The van der Waals surface area contributed by atoms with Crippen molar-refractivity contribution in [3.63, 3.8) is 0 Å². The van der Waals surface area contributed by atoms with E-state index in [4.69, 9.17) is 11.5 Å². The second-order valence-corrected chi connectivity index (χ2v) is 1.64. The molecule has 0 aromatic rings. The predicted molar refractivity (Wildman–Crippen MR) is 37.0 cm³/mol. The topological polar surface area (TPSA) is 76.1 Å². The number of hydrogen-bond donors (Lipinski definition) is 4. The number of nitrogens with two attached hydrogens (primary N) is 2. The van der Waals surface area contributed by atoms with Crippen LogP contribution in [0.3, 0.4) is 0 Å². The molecule has 0 aliphatic carbocycles. The zero-order valence-electron chi connectivity index (χ0n) is 4.48. The molecule has 0 saturated heterocycles. The lowest BCUT2D eigenvalue weighted by Gasteiger charge is -2.01. The molecule has 0 aromatic carbocycles. The molecule has 0 spiro atoms. The first-order chi connectivity index (χ1) is 3.77. The summed E-state index contributed by atoms with van der Waals surface area (Å²) in [5.41, 5.74) is 15.4. The van der Waals surface area contributed by atoms with Crippen LogP contribution in [0.25, 0.3) is 0 Å². The standard InChI is InChI=1S/C3H10N4S/c4-1-2-6-7-3(5)8/h6H,1-2,4H2,(H3,5,7,8). The highest BCUT2D eigenvalue weighted by Gasteiger charge is 1.80. The van der Waals surface area contributed by atoms with E-state index in [1.807, 2.05) is 0 Å². The van der Waals surface area contributed by atoms with Crippen LogP contribution < -0.4 is 22.3 Å². The second kappa shape index (κ2) is 4.76. The molecule has 8 heavy (non-hydrogen) atoms. The zero-order chi connectivity index (χ0) is 6.41. The summed E-state index contributed by atoms with van der Waals surface area (Å²) in [6, 6.07) is 0. The Morgan fingerprint density at radius 2 is 2.25 bits per heavy atom. The molecule has 6 N–H and O–H groups in total. The summed E-state index contributed by atoms with van der Waals surface area (Å²) in [5, 5.41) is 0.235. The molecular formula is C3H10N4S. The van der Waals surface area contributed by atoms with Crippen molar-refractivity contribution in [3.8, 4) is 0 Å². The van der Waals surface area contributed by atoms with E-state index in [0.717, 1.165) is 0 Å². The number of rotatable bonds is 3. The minimum atomic E-state index is 0.235. The fourth-order valence-electron chi connectivity index (χ4n) is 0.222. The van der Waals surface area contributed by atoms with Crippen LogP contribution in [0.2, 0.25) is 0 Å². The lowest BCUT2D eigenvalue weighted by Crippen LogP contribution is -2.42. The van der Waals surface area contributed by atoms with Gasteiger partial charge in [0, 0.05) is 13.1 Å². The maximum absolute atomic E-state index is 5.13.